The molecule has 2 fully saturated rings. The maximum Gasteiger partial charge on any atom is 0.391 e. The van der Waals surface area contributed by atoms with Gasteiger partial charge in [0.1, 0.15) is 12.1 Å². The van der Waals surface area contributed by atoms with Gasteiger partial charge in [0.2, 0.25) is 5.82 Å². The summed E-state index contributed by atoms with van der Waals surface area (Å²) >= 11 is 0. The number of hydrogen-bond donors (Lipinski definition) is 5. The van der Waals surface area contributed by atoms with Crippen molar-refractivity contribution in [2.75, 3.05) is 30.5 Å². The zero-order chi connectivity index (χ0) is 21.4. The number of nitrogens with one attached hydrogen (secondary N) is 3. The van der Waals surface area contributed by atoms with Crippen LogP contribution in [0.5, 0.6) is 0 Å². The third kappa shape index (κ3) is 3.92. The highest BCUT2D eigenvalue weighted by Gasteiger charge is 2.42. The summed E-state index contributed by atoms with van der Waals surface area (Å²) in [5, 5.41) is 37.8. The molecule has 2 aromatic heterocycles. The minimum Gasteiger partial charge on any atom is -0.396 e. The maximum absolute atomic E-state index is 10.5. The van der Waals surface area contributed by atoms with Crippen LogP contribution in [0.3, 0.4) is 0 Å². The van der Waals surface area contributed by atoms with E-state index in [0.29, 0.717) is 31.4 Å². The first-order chi connectivity index (χ1) is 15.1. The van der Waals surface area contributed by atoms with E-state index in [4.69, 9.17) is 14.7 Å². The first-order valence-electron chi connectivity index (χ1n) is 10.5. The lowest BCUT2D eigenvalue weighted by Crippen LogP contribution is -2.42. The van der Waals surface area contributed by atoms with Crippen molar-refractivity contribution in [1.82, 2.24) is 9.97 Å². The Bertz CT molecular complexity index is 1080. The molecular weight excluding hydrogens is 398 g/mol. The summed E-state index contributed by atoms with van der Waals surface area (Å²) in [6, 6.07) is 11.6. The predicted octanol–water partition coefficient (Wildman–Crippen LogP) is 0.436. The van der Waals surface area contributed by atoms with Crippen molar-refractivity contribution in [3.05, 3.63) is 42.6 Å². The van der Waals surface area contributed by atoms with Crippen LogP contribution in [0, 0.1) is 5.92 Å². The second kappa shape index (κ2) is 8.35. The van der Waals surface area contributed by atoms with Crippen molar-refractivity contribution in [2.24, 2.45) is 5.92 Å². The molecule has 2 aliphatic rings. The average Bonchev–Trinajstić information content (AvgIpc) is 3.04. The van der Waals surface area contributed by atoms with E-state index in [1.54, 1.807) is 0 Å². The van der Waals surface area contributed by atoms with E-state index in [2.05, 4.69) is 15.6 Å². The monoisotopic (exact) mass is 424 g/mol. The molecule has 4 atom stereocenters. The van der Waals surface area contributed by atoms with Crippen LogP contribution in [0.15, 0.2) is 42.6 Å². The zero-order valence-corrected chi connectivity index (χ0v) is 16.9. The molecule has 1 saturated carbocycles. The molecule has 3 heterocycles. The Balaban J connectivity index is 1.50. The molecule has 0 amide bonds. The summed E-state index contributed by atoms with van der Waals surface area (Å²) < 4.78 is 5.21. The second-order valence-corrected chi connectivity index (χ2v) is 8.19. The molecule has 1 unspecified atom stereocenters. The first-order valence-corrected chi connectivity index (χ1v) is 10.5. The topological polar surface area (TPSA) is 134 Å². The van der Waals surface area contributed by atoms with E-state index in [-0.39, 0.29) is 18.6 Å². The fraction of sp³-hybridized carbons (Fsp3) is 0.409. The summed E-state index contributed by atoms with van der Waals surface area (Å²) in [6.45, 7) is 1.07. The molecular formula is C22H26N5O4+. The number of benzene rings is 1. The number of ether oxygens (including phenoxy) is 1. The predicted molar refractivity (Wildman–Crippen MR) is 114 cm³/mol. The van der Waals surface area contributed by atoms with E-state index in [0.717, 1.165) is 22.2 Å². The number of aliphatic hydroxyl groups is 3. The number of para-hydroxylation sites is 1. The summed E-state index contributed by atoms with van der Waals surface area (Å²) in [5.74, 6) is 0.737. The van der Waals surface area contributed by atoms with Gasteiger partial charge in [-0.15, -0.1) is 0 Å². The zero-order valence-electron chi connectivity index (χ0n) is 16.9. The lowest BCUT2D eigenvalue weighted by molar-refractivity contribution is -0.364. The van der Waals surface area contributed by atoms with Gasteiger partial charge in [0.25, 0.3) is 0 Å². The van der Waals surface area contributed by atoms with Crippen molar-refractivity contribution in [3.63, 3.8) is 0 Å². The third-order valence-corrected chi connectivity index (χ3v) is 6.04. The number of aromatic amines is 1. The van der Waals surface area contributed by atoms with Gasteiger partial charge in [0.05, 0.1) is 48.3 Å². The number of hydrogen-bond acceptors (Lipinski definition) is 8. The summed E-state index contributed by atoms with van der Waals surface area (Å²) in [5.41, 5.74) is 2.35. The van der Waals surface area contributed by atoms with Crippen molar-refractivity contribution in [3.8, 4) is 11.3 Å². The van der Waals surface area contributed by atoms with Crippen LogP contribution in [0.1, 0.15) is 6.42 Å². The molecule has 9 nitrogen and oxygen atoms in total. The van der Waals surface area contributed by atoms with Crippen LogP contribution < -0.4 is 15.6 Å². The molecule has 1 aliphatic heterocycles. The van der Waals surface area contributed by atoms with Gasteiger partial charge in [0.15, 0.2) is 0 Å². The molecule has 1 aliphatic carbocycles. The van der Waals surface area contributed by atoms with E-state index in [1.165, 1.54) is 0 Å². The van der Waals surface area contributed by atoms with Crippen molar-refractivity contribution < 1.29 is 25.0 Å². The normalized spacial score (nSPS) is 26.0. The molecule has 1 saturated heterocycles. The molecule has 0 bridgehead atoms. The molecule has 0 spiro atoms. The molecule has 31 heavy (non-hydrogen) atoms. The Morgan fingerprint density at radius 2 is 1.87 bits per heavy atom. The number of H-pyrrole nitrogens is 1. The Kier molecular flexibility index (Phi) is 5.41. The van der Waals surface area contributed by atoms with Crippen LogP contribution in [-0.2, 0) is 4.74 Å². The number of fused-ring (bicyclic) bond motifs is 1. The van der Waals surface area contributed by atoms with Gasteiger partial charge in [-0.1, -0.05) is 29.2 Å². The smallest absolute Gasteiger partial charge is 0.391 e. The lowest BCUT2D eigenvalue weighted by Gasteiger charge is -2.23. The Labute approximate surface area is 179 Å². The number of anilines is 2. The Hall–Kier alpha value is -2.85. The Morgan fingerprint density at radius 1 is 1.03 bits per heavy atom. The van der Waals surface area contributed by atoms with Crippen LogP contribution in [0.2, 0.25) is 0 Å². The maximum atomic E-state index is 10.5. The highest BCUT2D eigenvalue weighted by molar-refractivity contribution is 5.83. The molecule has 1 aromatic carbocycles. The third-order valence-electron chi connectivity index (χ3n) is 6.04. The van der Waals surface area contributed by atoms with E-state index in [1.807, 2.05) is 42.6 Å². The molecule has 3 aromatic rings. The molecule has 9 heteroatoms. The van der Waals surface area contributed by atoms with Crippen LogP contribution in [0.25, 0.3) is 22.2 Å². The van der Waals surface area contributed by atoms with Gasteiger partial charge in [-0.2, -0.15) is 0 Å². The second-order valence-electron chi connectivity index (χ2n) is 8.19. The van der Waals surface area contributed by atoms with Gasteiger partial charge in [-0.05, 0) is 18.6 Å². The molecule has 0 radical (unpaired) electrons. The van der Waals surface area contributed by atoms with Crippen LogP contribution in [-0.4, -0.2) is 69.4 Å². The highest BCUT2D eigenvalue weighted by Crippen LogP contribution is 2.32. The minimum absolute atomic E-state index is 0.181. The standard InChI is InChI=1S/C22H25N5O4/c28-9-13-7-18(20(30)19(13)29)26-21-15(8-23-22(27-21)24-14-10-31-11-14)17-6-5-12-3-1-2-4-16(12)25-17/h1-6,8,13-14,18-20,28-30H,7,9-11H2,(H2,23,24,26,27)/p+1/t13-,18?,19-,20+/m1/s1. The number of rotatable bonds is 6. The quantitative estimate of drug-likeness (QED) is 0.385. The van der Waals surface area contributed by atoms with Gasteiger partial charge in [-0.25, -0.2) is 9.97 Å². The van der Waals surface area contributed by atoms with E-state index >= 15 is 0 Å². The molecule has 162 valence electrons. The summed E-state index contributed by atoms with van der Waals surface area (Å²) in [4.78, 5) is 12.6. The van der Waals surface area contributed by atoms with Gasteiger partial charge < -0.3 is 25.4 Å². The lowest BCUT2D eigenvalue weighted by atomic mass is 10.1. The minimum atomic E-state index is -1.00. The highest BCUT2D eigenvalue weighted by atomic mass is 16.5. The van der Waals surface area contributed by atoms with Gasteiger partial charge in [-0.3, -0.25) is 5.32 Å². The molecule has 6 N–H and O–H groups in total. The summed E-state index contributed by atoms with van der Waals surface area (Å²) in [6.07, 6.45) is 0.278. The Morgan fingerprint density at radius 3 is 2.61 bits per heavy atom. The van der Waals surface area contributed by atoms with Crippen molar-refractivity contribution in [1.29, 1.82) is 0 Å². The van der Waals surface area contributed by atoms with Crippen LogP contribution >= 0.6 is 0 Å². The fourth-order valence-electron chi connectivity index (χ4n) is 4.15. The van der Waals surface area contributed by atoms with E-state index in [9.17, 15) is 15.3 Å². The van der Waals surface area contributed by atoms with E-state index < -0.39 is 18.2 Å². The van der Waals surface area contributed by atoms with Gasteiger partial charge >= 0.3 is 5.95 Å². The first kappa shape index (κ1) is 20.1. The van der Waals surface area contributed by atoms with Crippen molar-refractivity contribution in [2.45, 2.75) is 30.7 Å². The number of aromatic nitrogens is 3. The largest absolute Gasteiger partial charge is 0.396 e. The fourth-order valence-corrected chi connectivity index (χ4v) is 4.15. The SMILES string of the molecule is OC[C@H]1CC(Nc2nc(NC3COC3)[nH+]cc2-c2ccc3ccccc3n2)[C@H](O)[C@@H]1O. The number of pyridine rings is 1. The molecule has 5 rings (SSSR count). The van der Waals surface area contributed by atoms with Crippen molar-refractivity contribution >= 4 is 22.7 Å². The number of aliphatic hydroxyl groups excluding tert-OH is 3. The van der Waals surface area contributed by atoms with Crippen LogP contribution in [0.4, 0.5) is 11.8 Å². The average molecular weight is 424 g/mol. The summed E-state index contributed by atoms with van der Waals surface area (Å²) in [7, 11) is 0. The number of nitrogens with zero attached hydrogens (tertiary/aromatic N) is 2. The van der Waals surface area contributed by atoms with Gasteiger partial charge in [0, 0.05) is 17.9 Å².